The zero-order valence-electron chi connectivity index (χ0n) is 17.0. The van der Waals surface area contributed by atoms with Gasteiger partial charge in [0.05, 0.1) is 16.1 Å². The third-order valence-corrected chi connectivity index (χ3v) is 6.80. The second-order valence-electron chi connectivity index (χ2n) is 7.30. The number of anilines is 1. The number of nitrogens with zero attached hydrogens (tertiary/aromatic N) is 2. The van der Waals surface area contributed by atoms with Crippen molar-refractivity contribution in [1.29, 1.82) is 0 Å². The lowest BCUT2D eigenvalue weighted by Crippen LogP contribution is -2.31. The predicted octanol–water partition coefficient (Wildman–Crippen LogP) is 2.25. The smallest absolute Gasteiger partial charge is 0.345 e. The molecule has 2 N–H and O–H groups in total. The van der Waals surface area contributed by atoms with Crippen LogP contribution in [0.15, 0.2) is 47.4 Å². The van der Waals surface area contributed by atoms with Gasteiger partial charge in [-0.05, 0) is 55.7 Å². The normalized spacial score (nSPS) is 14.6. The molecule has 0 unspecified atom stereocenters. The van der Waals surface area contributed by atoms with Crippen molar-refractivity contribution in [2.24, 2.45) is 5.73 Å². The van der Waals surface area contributed by atoms with E-state index in [0.717, 1.165) is 36.7 Å². The molecule has 1 aliphatic rings. The molecule has 1 aliphatic heterocycles. The van der Waals surface area contributed by atoms with Gasteiger partial charge in [0, 0.05) is 32.7 Å². The average molecular weight is 432 g/mol. The summed E-state index contributed by atoms with van der Waals surface area (Å²) in [4.78, 5) is 26.5. The Morgan fingerprint density at radius 3 is 2.37 bits per heavy atom. The van der Waals surface area contributed by atoms with Gasteiger partial charge in [0.1, 0.15) is 5.75 Å². The number of piperidine rings is 1. The quantitative estimate of drug-likeness (QED) is 0.555. The minimum Gasteiger partial charge on any atom is -0.423 e. The van der Waals surface area contributed by atoms with Gasteiger partial charge < -0.3 is 15.4 Å². The average Bonchev–Trinajstić information content (AvgIpc) is 2.74. The van der Waals surface area contributed by atoms with Crippen molar-refractivity contribution in [3.05, 3.63) is 53.6 Å². The van der Waals surface area contributed by atoms with Gasteiger partial charge in [-0.1, -0.05) is 6.07 Å². The number of carbonyl (C=O) groups is 2. The van der Waals surface area contributed by atoms with Gasteiger partial charge in [-0.3, -0.25) is 4.79 Å². The molecule has 0 radical (unpaired) electrons. The number of benzene rings is 2. The molecular formula is C21H25N3O5S. The summed E-state index contributed by atoms with van der Waals surface area (Å²) in [6, 6.07) is 10.5. The third-order valence-electron chi connectivity index (χ3n) is 4.99. The maximum absolute atomic E-state index is 13.0. The van der Waals surface area contributed by atoms with E-state index in [-0.39, 0.29) is 21.8 Å². The maximum Gasteiger partial charge on any atom is 0.345 e. The third kappa shape index (κ3) is 4.63. The fraction of sp³-hybridized carbons (Fsp3) is 0.333. The van der Waals surface area contributed by atoms with Gasteiger partial charge in [-0.2, -0.15) is 0 Å². The fourth-order valence-corrected chi connectivity index (χ4v) is 4.26. The molecule has 0 bridgehead atoms. The SMILES string of the molecule is CN(C)S(=O)(=O)c1ccc(N2CCCCC2)c(C(=O)Oc2cccc(C(N)=O)c2)c1. The van der Waals surface area contributed by atoms with Crippen molar-refractivity contribution >= 4 is 27.6 Å². The number of hydrogen-bond acceptors (Lipinski definition) is 6. The van der Waals surface area contributed by atoms with Crippen molar-refractivity contribution in [2.75, 3.05) is 32.1 Å². The number of carbonyl (C=O) groups excluding carboxylic acids is 2. The summed E-state index contributed by atoms with van der Waals surface area (Å²) in [5, 5.41) is 0. The number of hydrogen-bond donors (Lipinski definition) is 1. The number of rotatable bonds is 6. The Labute approximate surface area is 176 Å². The van der Waals surface area contributed by atoms with E-state index >= 15 is 0 Å². The largest absolute Gasteiger partial charge is 0.423 e. The van der Waals surface area contributed by atoms with Crippen LogP contribution < -0.4 is 15.4 Å². The van der Waals surface area contributed by atoms with Crippen molar-refractivity contribution in [3.8, 4) is 5.75 Å². The lowest BCUT2D eigenvalue weighted by Gasteiger charge is -2.30. The number of primary amides is 1. The molecule has 3 rings (SSSR count). The van der Waals surface area contributed by atoms with E-state index in [1.165, 1.54) is 44.4 Å². The van der Waals surface area contributed by atoms with Crippen LogP contribution in [-0.4, -0.2) is 51.8 Å². The first-order chi connectivity index (χ1) is 14.2. The number of amides is 1. The van der Waals surface area contributed by atoms with Gasteiger partial charge in [0.2, 0.25) is 15.9 Å². The number of sulfonamides is 1. The van der Waals surface area contributed by atoms with E-state index in [1.807, 2.05) is 0 Å². The Morgan fingerprint density at radius 1 is 1.03 bits per heavy atom. The Hall–Kier alpha value is -2.91. The van der Waals surface area contributed by atoms with Crippen LogP contribution in [0.4, 0.5) is 5.69 Å². The van der Waals surface area contributed by atoms with Crippen LogP contribution in [0.5, 0.6) is 5.75 Å². The minimum atomic E-state index is -3.73. The molecule has 1 saturated heterocycles. The lowest BCUT2D eigenvalue weighted by atomic mass is 10.1. The Balaban J connectivity index is 2.01. The van der Waals surface area contributed by atoms with Crippen LogP contribution in [0.3, 0.4) is 0 Å². The van der Waals surface area contributed by atoms with Crippen LogP contribution in [0.25, 0.3) is 0 Å². The van der Waals surface area contributed by atoms with Gasteiger partial charge in [-0.15, -0.1) is 0 Å². The highest BCUT2D eigenvalue weighted by Crippen LogP contribution is 2.29. The molecule has 2 aromatic rings. The first-order valence-electron chi connectivity index (χ1n) is 9.64. The van der Waals surface area contributed by atoms with Gasteiger partial charge in [0.15, 0.2) is 0 Å². The molecule has 0 spiro atoms. The predicted molar refractivity (Wildman–Crippen MR) is 113 cm³/mol. The van der Waals surface area contributed by atoms with E-state index in [1.54, 1.807) is 12.1 Å². The van der Waals surface area contributed by atoms with Crippen molar-refractivity contribution in [3.63, 3.8) is 0 Å². The molecule has 1 fully saturated rings. The van der Waals surface area contributed by atoms with Crippen LogP contribution >= 0.6 is 0 Å². The summed E-state index contributed by atoms with van der Waals surface area (Å²) in [6.45, 7) is 1.55. The van der Waals surface area contributed by atoms with Gasteiger partial charge in [-0.25, -0.2) is 17.5 Å². The maximum atomic E-state index is 13.0. The summed E-state index contributed by atoms with van der Waals surface area (Å²) >= 11 is 0. The first-order valence-corrected chi connectivity index (χ1v) is 11.1. The zero-order valence-corrected chi connectivity index (χ0v) is 17.8. The van der Waals surface area contributed by atoms with Crippen molar-refractivity contribution in [2.45, 2.75) is 24.2 Å². The summed E-state index contributed by atoms with van der Waals surface area (Å²) < 4.78 is 31.7. The highest BCUT2D eigenvalue weighted by Gasteiger charge is 2.25. The van der Waals surface area contributed by atoms with Crippen molar-refractivity contribution < 1.29 is 22.7 Å². The topological polar surface area (TPSA) is 110 Å². The Bertz CT molecular complexity index is 1060. The van der Waals surface area contributed by atoms with Crippen LogP contribution in [-0.2, 0) is 10.0 Å². The molecule has 1 amide bonds. The molecule has 2 aromatic carbocycles. The molecule has 9 heteroatoms. The van der Waals surface area contributed by atoms with E-state index in [9.17, 15) is 18.0 Å². The molecule has 8 nitrogen and oxygen atoms in total. The van der Waals surface area contributed by atoms with E-state index in [2.05, 4.69) is 4.90 Å². The summed E-state index contributed by atoms with van der Waals surface area (Å²) in [5.41, 5.74) is 6.28. The molecular weight excluding hydrogens is 406 g/mol. The van der Waals surface area contributed by atoms with Crippen molar-refractivity contribution in [1.82, 2.24) is 4.31 Å². The van der Waals surface area contributed by atoms with Crippen LogP contribution in [0.2, 0.25) is 0 Å². The Morgan fingerprint density at radius 2 is 1.73 bits per heavy atom. The minimum absolute atomic E-state index is 0.00564. The van der Waals surface area contributed by atoms with E-state index in [0.29, 0.717) is 5.69 Å². The molecule has 0 aliphatic carbocycles. The summed E-state index contributed by atoms with van der Waals surface area (Å²) in [5.74, 6) is -1.18. The van der Waals surface area contributed by atoms with E-state index in [4.69, 9.17) is 10.5 Å². The molecule has 160 valence electrons. The van der Waals surface area contributed by atoms with E-state index < -0.39 is 21.9 Å². The van der Waals surface area contributed by atoms with Gasteiger partial charge in [0.25, 0.3) is 0 Å². The van der Waals surface area contributed by atoms with Crippen LogP contribution in [0, 0.1) is 0 Å². The first kappa shape index (κ1) is 21.8. The molecule has 1 heterocycles. The highest BCUT2D eigenvalue weighted by molar-refractivity contribution is 7.89. The lowest BCUT2D eigenvalue weighted by molar-refractivity contribution is 0.0734. The van der Waals surface area contributed by atoms with Gasteiger partial charge >= 0.3 is 5.97 Å². The molecule has 0 aromatic heterocycles. The zero-order chi connectivity index (χ0) is 21.9. The molecule has 0 saturated carbocycles. The fourth-order valence-electron chi connectivity index (χ4n) is 3.34. The molecule has 0 atom stereocenters. The Kier molecular flexibility index (Phi) is 6.42. The monoisotopic (exact) mass is 431 g/mol. The second kappa shape index (κ2) is 8.85. The second-order valence-corrected chi connectivity index (χ2v) is 9.45. The summed E-state index contributed by atoms with van der Waals surface area (Å²) in [7, 11) is -0.862. The molecule has 30 heavy (non-hydrogen) atoms. The summed E-state index contributed by atoms with van der Waals surface area (Å²) in [6.07, 6.45) is 3.10. The standard InChI is InChI=1S/C21H25N3O5S/c1-23(2)30(27,28)17-9-10-19(24-11-4-3-5-12-24)18(14-17)21(26)29-16-8-6-7-15(13-16)20(22)25/h6-10,13-14H,3-5,11-12H2,1-2H3,(H2,22,25). The number of ether oxygens (including phenoxy) is 1. The van der Waals surface area contributed by atoms with Crippen LogP contribution in [0.1, 0.15) is 40.0 Å². The highest BCUT2D eigenvalue weighted by atomic mass is 32.2. The number of nitrogens with two attached hydrogens (primary N) is 1. The number of esters is 1.